The van der Waals surface area contributed by atoms with Crippen molar-refractivity contribution in [3.8, 4) is 22.8 Å². The number of anilines is 1. The number of hydrogen-bond donors (Lipinski definition) is 1. The first kappa shape index (κ1) is 19.3. The fourth-order valence-corrected chi connectivity index (χ4v) is 4.02. The summed E-state index contributed by atoms with van der Waals surface area (Å²) in [6.07, 6.45) is 0. The van der Waals surface area contributed by atoms with Crippen LogP contribution < -0.4 is 14.8 Å². The molecule has 2 aromatic carbocycles. The molecule has 0 radical (unpaired) electrons. The third-order valence-corrected chi connectivity index (χ3v) is 5.81. The van der Waals surface area contributed by atoms with Crippen LogP contribution in [0, 0.1) is 6.92 Å². The maximum Gasteiger partial charge on any atom is 0.234 e. The van der Waals surface area contributed by atoms with Crippen LogP contribution in [0.5, 0.6) is 11.5 Å². The van der Waals surface area contributed by atoms with Crippen molar-refractivity contribution in [2.24, 2.45) is 0 Å². The van der Waals surface area contributed by atoms with Crippen molar-refractivity contribution in [2.45, 2.75) is 11.3 Å². The monoisotopic (exact) mass is 400 g/mol. The molecule has 140 valence electrons. The Kier molecular flexibility index (Phi) is 6.36. The Bertz CT molecular complexity index is 901. The van der Waals surface area contributed by atoms with E-state index in [2.05, 4.69) is 41.5 Å². The summed E-state index contributed by atoms with van der Waals surface area (Å²) in [5.41, 5.74) is 3.86. The predicted octanol–water partition coefficient (Wildman–Crippen LogP) is 4.87. The van der Waals surface area contributed by atoms with E-state index in [9.17, 15) is 4.79 Å². The second-order valence-electron chi connectivity index (χ2n) is 5.80. The van der Waals surface area contributed by atoms with Gasteiger partial charge in [0.15, 0.2) is 4.34 Å². The van der Waals surface area contributed by atoms with E-state index in [0.29, 0.717) is 17.2 Å². The topological polar surface area (TPSA) is 60.5 Å². The lowest BCUT2D eigenvalue weighted by Gasteiger charge is -2.09. The number of amides is 1. The quantitative estimate of drug-likeness (QED) is 0.574. The Hall–Kier alpha value is -2.51. The van der Waals surface area contributed by atoms with Crippen molar-refractivity contribution in [1.29, 1.82) is 0 Å². The summed E-state index contributed by atoms with van der Waals surface area (Å²) in [5.74, 6) is 1.42. The summed E-state index contributed by atoms with van der Waals surface area (Å²) in [5, 5.41) is 4.88. The summed E-state index contributed by atoms with van der Waals surface area (Å²) in [7, 11) is 3.15. The molecule has 0 spiro atoms. The molecule has 1 amide bonds. The molecule has 27 heavy (non-hydrogen) atoms. The first-order valence-corrected chi connectivity index (χ1v) is 10.1. The maximum atomic E-state index is 12.3. The van der Waals surface area contributed by atoms with Gasteiger partial charge in [0.25, 0.3) is 0 Å². The number of thioether (sulfide) groups is 1. The Morgan fingerprint density at radius 3 is 2.41 bits per heavy atom. The van der Waals surface area contributed by atoms with Gasteiger partial charge in [-0.3, -0.25) is 4.79 Å². The van der Waals surface area contributed by atoms with Gasteiger partial charge in [-0.2, -0.15) is 0 Å². The molecule has 0 saturated carbocycles. The molecule has 1 aromatic heterocycles. The highest BCUT2D eigenvalue weighted by Crippen LogP contribution is 2.29. The Balaban J connectivity index is 1.59. The zero-order valence-corrected chi connectivity index (χ0v) is 16.9. The number of aromatic nitrogens is 1. The molecule has 0 aliphatic carbocycles. The molecular weight excluding hydrogens is 380 g/mol. The van der Waals surface area contributed by atoms with Gasteiger partial charge >= 0.3 is 0 Å². The van der Waals surface area contributed by atoms with E-state index in [-0.39, 0.29) is 11.7 Å². The highest BCUT2D eigenvalue weighted by molar-refractivity contribution is 8.01. The van der Waals surface area contributed by atoms with Gasteiger partial charge in [-0.05, 0) is 6.92 Å². The van der Waals surface area contributed by atoms with Crippen molar-refractivity contribution >= 4 is 34.7 Å². The molecule has 5 nitrogen and oxygen atoms in total. The molecule has 0 unspecified atom stereocenters. The zero-order chi connectivity index (χ0) is 19.2. The van der Waals surface area contributed by atoms with Crippen molar-refractivity contribution < 1.29 is 14.3 Å². The van der Waals surface area contributed by atoms with Crippen LogP contribution >= 0.6 is 23.1 Å². The standard InChI is InChI=1S/C20H20N2O3S2/c1-13-4-6-14(7-5-13)18-11-26-20(22-18)27-12-19(23)21-15-8-16(24-2)10-17(9-15)25-3/h4-11H,12H2,1-3H3,(H,21,23). The minimum absolute atomic E-state index is 0.109. The second kappa shape index (κ2) is 8.92. The zero-order valence-electron chi connectivity index (χ0n) is 15.3. The van der Waals surface area contributed by atoms with E-state index in [4.69, 9.17) is 9.47 Å². The fraction of sp³-hybridized carbons (Fsp3) is 0.200. The number of methoxy groups -OCH3 is 2. The number of hydrogen-bond acceptors (Lipinski definition) is 6. The third kappa shape index (κ3) is 5.24. The van der Waals surface area contributed by atoms with Crippen LogP contribution in [-0.2, 0) is 4.79 Å². The largest absolute Gasteiger partial charge is 0.497 e. The van der Waals surface area contributed by atoms with Crippen LogP contribution in [-0.4, -0.2) is 30.9 Å². The van der Waals surface area contributed by atoms with E-state index in [1.807, 2.05) is 5.38 Å². The van der Waals surface area contributed by atoms with Gasteiger partial charge in [0.1, 0.15) is 11.5 Å². The minimum Gasteiger partial charge on any atom is -0.497 e. The van der Waals surface area contributed by atoms with Crippen molar-refractivity contribution in [2.75, 3.05) is 25.3 Å². The molecule has 3 aromatic rings. The van der Waals surface area contributed by atoms with Gasteiger partial charge in [0, 0.05) is 34.8 Å². The molecule has 3 rings (SSSR count). The molecule has 0 fully saturated rings. The number of carbonyl (C=O) groups is 1. The third-order valence-electron chi connectivity index (χ3n) is 3.79. The Labute approximate surface area is 166 Å². The number of thiazole rings is 1. The first-order chi connectivity index (χ1) is 13.1. The first-order valence-electron chi connectivity index (χ1n) is 8.25. The van der Waals surface area contributed by atoms with Gasteiger partial charge in [-0.25, -0.2) is 4.98 Å². The van der Waals surface area contributed by atoms with Gasteiger partial charge in [-0.15, -0.1) is 11.3 Å². The summed E-state index contributed by atoms with van der Waals surface area (Å²) in [4.78, 5) is 16.9. The SMILES string of the molecule is COc1cc(NC(=O)CSc2nc(-c3ccc(C)cc3)cs2)cc(OC)c1. The molecule has 0 bridgehead atoms. The van der Waals surface area contributed by atoms with Crippen LogP contribution in [0.3, 0.4) is 0 Å². The molecule has 7 heteroatoms. The number of carbonyl (C=O) groups excluding carboxylic acids is 1. The lowest BCUT2D eigenvalue weighted by Crippen LogP contribution is -2.14. The van der Waals surface area contributed by atoms with Gasteiger partial charge in [0.05, 0.1) is 25.7 Å². The van der Waals surface area contributed by atoms with Crippen LogP contribution in [0.4, 0.5) is 5.69 Å². The molecule has 0 aliphatic heterocycles. The number of ether oxygens (including phenoxy) is 2. The average Bonchev–Trinajstić information content (AvgIpc) is 3.15. The van der Waals surface area contributed by atoms with E-state index < -0.39 is 0 Å². The molecule has 0 aliphatic rings. The highest BCUT2D eigenvalue weighted by Gasteiger charge is 2.10. The summed E-state index contributed by atoms with van der Waals surface area (Å²) >= 11 is 2.96. The second-order valence-corrected chi connectivity index (χ2v) is 7.88. The van der Waals surface area contributed by atoms with Crippen LogP contribution in [0.15, 0.2) is 52.2 Å². The summed E-state index contributed by atoms with van der Waals surface area (Å²) < 4.78 is 11.3. The maximum absolute atomic E-state index is 12.3. The van der Waals surface area contributed by atoms with Crippen LogP contribution in [0.1, 0.15) is 5.56 Å². The van der Waals surface area contributed by atoms with Gasteiger partial charge in [-0.1, -0.05) is 41.6 Å². The molecule has 1 heterocycles. The van der Waals surface area contributed by atoms with E-state index in [1.54, 1.807) is 43.8 Å². The lowest BCUT2D eigenvalue weighted by molar-refractivity contribution is -0.113. The number of aryl methyl sites for hydroxylation is 1. The summed E-state index contributed by atoms with van der Waals surface area (Å²) in [6, 6.07) is 13.5. The van der Waals surface area contributed by atoms with E-state index >= 15 is 0 Å². The van der Waals surface area contributed by atoms with Gasteiger partial charge in [0.2, 0.25) is 5.91 Å². The number of nitrogens with zero attached hydrogens (tertiary/aromatic N) is 1. The summed E-state index contributed by atoms with van der Waals surface area (Å²) in [6.45, 7) is 2.06. The molecule has 0 atom stereocenters. The number of benzene rings is 2. The molecule has 1 N–H and O–H groups in total. The van der Waals surface area contributed by atoms with Gasteiger partial charge < -0.3 is 14.8 Å². The average molecular weight is 401 g/mol. The number of rotatable bonds is 7. The normalized spacial score (nSPS) is 10.5. The molecule has 0 saturated heterocycles. The minimum atomic E-state index is -0.109. The van der Waals surface area contributed by atoms with Crippen LogP contribution in [0.25, 0.3) is 11.3 Å². The highest BCUT2D eigenvalue weighted by atomic mass is 32.2. The fourth-order valence-electron chi connectivity index (χ4n) is 2.38. The van der Waals surface area contributed by atoms with Crippen LogP contribution in [0.2, 0.25) is 0 Å². The number of nitrogens with one attached hydrogen (secondary N) is 1. The Morgan fingerprint density at radius 1 is 1.11 bits per heavy atom. The smallest absolute Gasteiger partial charge is 0.234 e. The molecular formula is C20H20N2O3S2. The lowest BCUT2D eigenvalue weighted by atomic mass is 10.1. The van der Waals surface area contributed by atoms with Crippen molar-refractivity contribution in [3.05, 3.63) is 53.4 Å². The predicted molar refractivity (Wildman–Crippen MR) is 111 cm³/mol. The van der Waals surface area contributed by atoms with E-state index in [0.717, 1.165) is 15.6 Å². The Morgan fingerprint density at radius 2 is 1.78 bits per heavy atom. The van der Waals surface area contributed by atoms with Crippen molar-refractivity contribution in [1.82, 2.24) is 4.98 Å². The van der Waals surface area contributed by atoms with Crippen molar-refractivity contribution in [3.63, 3.8) is 0 Å². The van der Waals surface area contributed by atoms with E-state index in [1.165, 1.54) is 17.3 Å².